The highest BCUT2D eigenvalue weighted by Gasteiger charge is 2.33. The molecule has 4 atom stereocenters. The van der Waals surface area contributed by atoms with Crippen molar-refractivity contribution in [2.45, 2.75) is 52.4 Å². The molecule has 1 aliphatic carbocycles. The summed E-state index contributed by atoms with van der Waals surface area (Å²) >= 11 is 0. The van der Waals surface area contributed by atoms with Gasteiger partial charge in [-0.15, -0.1) is 0 Å². The third-order valence-electron chi connectivity index (χ3n) is 4.17. The summed E-state index contributed by atoms with van der Waals surface area (Å²) in [5, 5.41) is 6.50. The molecule has 1 saturated heterocycles. The number of hydrogen-bond acceptors (Lipinski definition) is 4. The molecule has 8 heteroatoms. The minimum atomic E-state index is -3.29. The first-order valence-corrected chi connectivity index (χ1v) is 10.1. The van der Waals surface area contributed by atoms with E-state index < -0.39 is 10.0 Å². The summed E-state index contributed by atoms with van der Waals surface area (Å²) < 4.78 is 32.1. The van der Waals surface area contributed by atoms with Crippen molar-refractivity contribution in [2.24, 2.45) is 10.9 Å². The van der Waals surface area contributed by atoms with Crippen molar-refractivity contribution in [2.75, 3.05) is 31.9 Å². The first kappa shape index (κ1) is 18.5. The highest BCUT2D eigenvalue weighted by molar-refractivity contribution is 7.89. The van der Waals surface area contributed by atoms with Gasteiger partial charge in [-0.05, 0) is 33.1 Å². The minimum Gasteiger partial charge on any atom is -0.373 e. The van der Waals surface area contributed by atoms with E-state index in [1.165, 1.54) is 4.31 Å². The van der Waals surface area contributed by atoms with E-state index in [4.69, 9.17) is 4.74 Å². The van der Waals surface area contributed by atoms with Crippen LogP contribution in [0.3, 0.4) is 0 Å². The van der Waals surface area contributed by atoms with Gasteiger partial charge in [-0.3, -0.25) is 4.99 Å². The maximum Gasteiger partial charge on any atom is 0.216 e. The Morgan fingerprint density at radius 2 is 1.87 bits per heavy atom. The quantitative estimate of drug-likeness (QED) is 0.537. The normalized spacial score (nSPS) is 32.6. The third-order valence-corrected chi connectivity index (χ3v) is 5.96. The first-order valence-electron chi connectivity index (χ1n) is 8.50. The zero-order valence-electron chi connectivity index (χ0n) is 14.6. The maximum absolute atomic E-state index is 12.5. The first-order chi connectivity index (χ1) is 10.8. The molecule has 134 valence electrons. The van der Waals surface area contributed by atoms with Gasteiger partial charge in [0.15, 0.2) is 5.96 Å². The fraction of sp³-hybridized carbons (Fsp3) is 0.933. The predicted molar refractivity (Wildman–Crippen MR) is 92.1 cm³/mol. The lowest BCUT2D eigenvalue weighted by Gasteiger charge is -2.34. The second-order valence-corrected chi connectivity index (χ2v) is 8.70. The molecule has 4 unspecified atom stereocenters. The van der Waals surface area contributed by atoms with Crippen LogP contribution in [0.2, 0.25) is 0 Å². The number of sulfonamides is 1. The molecule has 1 heterocycles. The van der Waals surface area contributed by atoms with Crippen LogP contribution in [-0.4, -0.2) is 68.9 Å². The lowest BCUT2D eigenvalue weighted by atomic mass is 10.3. The molecule has 2 aliphatic rings. The average Bonchev–Trinajstić information content (AvgIpc) is 3.13. The van der Waals surface area contributed by atoms with Crippen molar-refractivity contribution in [1.29, 1.82) is 0 Å². The van der Waals surface area contributed by atoms with Crippen molar-refractivity contribution < 1.29 is 13.2 Å². The summed E-state index contributed by atoms with van der Waals surface area (Å²) in [6, 6.07) is 0.463. The Kier molecular flexibility index (Phi) is 6.27. The zero-order chi connectivity index (χ0) is 17.0. The minimum absolute atomic E-state index is 0.0310. The molecule has 1 aliphatic heterocycles. The van der Waals surface area contributed by atoms with Crippen LogP contribution in [0, 0.1) is 5.92 Å². The number of guanidine groups is 1. The van der Waals surface area contributed by atoms with E-state index in [0.717, 1.165) is 13.0 Å². The number of nitrogens with zero attached hydrogens (tertiary/aromatic N) is 2. The summed E-state index contributed by atoms with van der Waals surface area (Å²) in [6.45, 7) is 9.87. The summed E-state index contributed by atoms with van der Waals surface area (Å²) in [7, 11) is -3.29. The SMILES string of the molecule is CCNC(=NCCS(=O)(=O)N1CC(C)OC(C)C1)NC1CC1C. The molecule has 0 radical (unpaired) electrons. The van der Waals surface area contributed by atoms with Crippen LogP contribution in [0.25, 0.3) is 0 Å². The Balaban J connectivity index is 1.87. The van der Waals surface area contributed by atoms with Gasteiger partial charge in [0, 0.05) is 25.7 Å². The van der Waals surface area contributed by atoms with Crippen molar-refractivity contribution in [3.63, 3.8) is 0 Å². The molecule has 23 heavy (non-hydrogen) atoms. The Labute approximate surface area is 139 Å². The van der Waals surface area contributed by atoms with E-state index in [2.05, 4.69) is 22.5 Å². The van der Waals surface area contributed by atoms with Crippen LogP contribution in [-0.2, 0) is 14.8 Å². The van der Waals surface area contributed by atoms with Crippen molar-refractivity contribution in [3.05, 3.63) is 0 Å². The monoisotopic (exact) mass is 346 g/mol. The van der Waals surface area contributed by atoms with Gasteiger partial charge < -0.3 is 15.4 Å². The molecule has 0 spiro atoms. The number of hydrogen-bond donors (Lipinski definition) is 2. The number of rotatable bonds is 6. The van der Waals surface area contributed by atoms with Gasteiger partial charge >= 0.3 is 0 Å². The standard InChI is InChI=1S/C15H30N4O3S/c1-5-16-15(18-14-8-11(14)2)17-6-7-23(20,21)19-9-12(3)22-13(4)10-19/h11-14H,5-10H2,1-4H3,(H2,16,17,18). The van der Waals surface area contributed by atoms with Crippen molar-refractivity contribution >= 4 is 16.0 Å². The second-order valence-electron chi connectivity index (χ2n) is 6.61. The Hall–Kier alpha value is -0.860. The van der Waals surface area contributed by atoms with Gasteiger partial charge in [-0.25, -0.2) is 8.42 Å². The predicted octanol–water partition coefficient (Wildman–Crippen LogP) is 0.389. The van der Waals surface area contributed by atoms with E-state index in [9.17, 15) is 8.42 Å². The van der Waals surface area contributed by atoms with Crippen LogP contribution in [0.5, 0.6) is 0 Å². The molecule has 1 saturated carbocycles. The smallest absolute Gasteiger partial charge is 0.216 e. The number of morpholine rings is 1. The second kappa shape index (κ2) is 7.81. The lowest BCUT2D eigenvalue weighted by Crippen LogP contribution is -2.49. The van der Waals surface area contributed by atoms with Gasteiger partial charge in [0.25, 0.3) is 0 Å². The van der Waals surface area contributed by atoms with E-state index >= 15 is 0 Å². The van der Waals surface area contributed by atoms with Crippen molar-refractivity contribution in [1.82, 2.24) is 14.9 Å². The maximum atomic E-state index is 12.5. The fourth-order valence-corrected chi connectivity index (χ4v) is 4.23. The van der Waals surface area contributed by atoms with E-state index in [1.54, 1.807) is 0 Å². The molecule has 0 aromatic rings. The van der Waals surface area contributed by atoms with Gasteiger partial charge in [0.2, 0.25) is 10.0 Å². The van der Waals surface area contributed by atoms with Gasteiger partial charge in [-0.2, -0.15) is 4.31 Å². The number of ether oxygens (including phenoxy) is 1. The van der Waals surface area contributed by atoms with Crippen LogP contribution in [0.1, 0.15) is 34.1 Å². The largest absolute Gasteiger partial charge is 0.373 e. The number of nitrogens with one attached hydrogen (secondary N) is 2. The van der Waals surface area contributed by atoms with Crippen LogP contribution in [0.4, 0.5) is 0 Å². The summed E-state index contributed by atoms with van der Waals surface area (Å²) in [4.78, 5) is 4.40. The Bertz CT molecular complexity index is 513. The van der Waals surface area contributed by atoms with E-state index in [-0.39, 0.29) is 24.5 Å². The van der Waals surface area contributed by atoms with Gasteiger partial charge in [0.1, 0.15) is 0 Å². The highest BCUT2D eigenvalue weighted by atomic mass is 32.2. The number of aliphatic imine (C=N–C) groups is 1. The molecule has 7 nitrogen and oxygen atoms in total. The van der Waals surface area contributed by atoms with Crippen molar-refractivity contribution in [3.8, 4) is 0 Å². The van der Waals surface area contributed by atoms with Gasteiger partial charge in [0.05, 0.1) is 24.5 Å². The zero-order valence-corrected chi connectivity index (χ0v) is 15.4. The van der Waals surface area contributed by atoms with Gasteiger partial charge in [-0.1, -0.05) is 6.92 Å². The van der Waals surface area contributed by atoms with E-state index in [0.29, 0.717) is 31.0 Å². The van der Waals surface area contributed by atoms with E-state index in [1.807, 2.05) is 20.8 Å². The molecule has 0 bridgehead atoms. The molecule has 0 aromatic heterocycles. The Morgan fingerprint density at radius 3 is 2.39 bits per heavy atom. The summed E-state index contributed by atoms with van der Waals surface area (Å²) in [5.74, 6) is 1.41. The molecular formula is C15H30N4O3S. The molecule has 2 fully saturated rings. The summed E-state index contributed by atoms with van der Waals surface area (Å²) in [5.41, 5.74) is 0. The fourth-order valence-electron chi connectivity index (χ4n) is 2.78. The van der Waals surface area contributed by atoms with Crippen LogP contribution < -0.4 is 10.6 Å². The lowest BCUT2D eigenvalue weighted by molar-refractivity contribution is -0.0440. The Morgan fingerprint density at radius 1 is 1.26 bits per heavy atom. The molecule has 0 amide bonds. The molecule has 2 N–H and O–H groups in total. The highest BCUT2D eigenvalue weighted by Crippen LogP contribution is 2.28. The molecule has 0 aromatic carbocycles. The average molecular weight is 346 g/mol. The molecule has 2 rings (SSSR count). The van der Waals surface area contributed by atoms with Crippen LogP contribution >= 0.6 is 0 Å². The van der Waals surface area contributed by atoms with Crippen LogP contribution in [0.15, 0.2) is 4.99 Å². The summed E-state index contributed by atoms with van der Waals surface area (Å²) in [6.07, 6.45) is 1.02. The third kappa shape index (κ3) is 5.61. The molecular weight excluding hydrogens is 316 g/mol. The topological polar surface area (TPSA) is 83.0 Å².